The van der Waals surface area contributed by atoms with Gasteiger partial charge in [-0.25, -0.2) is 4.39 Å². The highest BCUT2D eigenvalue weighted by Crippen LogP contribution is 2.25. The van der Waals surface area contributed by atoms with Gasteiger partial charge >= 0.3 is 0 Å². The predicted molar refractivity (Wildman–Crippen MR) is 76.7 cm³/mol. The summed E-state index contributed by atoms with van der Waals surface area (Å²) in [5, 5.41) is 10.7. The molecule has 0 amide bonds. The standard InChI is InChI=1S/C14H21FN2OS/c1-10-11(2)19-8-7-17(10)6-5-14(18)13-4-3-12(15)9-16-13/h3-4,9-11,14,18H,5-8H2,1-2H3. The van der Waals surface area contributed by atoms with E-state index in [9.17, 15) is 9.50 Å². The largest absolute Gasteiger partial charge is 0.387 e. The van der Waals surface area contributed by atoms with Crippen LogP contribution in [-0.4, -0.2) is 45.1 Å². The van der Waals surface area contributed by atoms with Crippen LogP contribution in [0.4, 0.5) is 4.39 Å². The molecule has 106 valence electrons. The molecule has 1 aromatic heterocycles. The number of halogens is 1. The van der Waals surface area contributed by atoms with Gasteiger partial charge in [-0.15, -0.1) is 0 Å². The van der Waals surface area contributed by atoms with E-state index < -0.39 is 6.10 Å². The van der Waals surface area contributed by atoms with Crippen LogP contribution in [0.5, 0.6) is 0 Å². The van der Waals surface area contributed by atoms with Crippen LogP contribution in [0.25, 0.3) is 0 Å². The first kappa shape index (κ1) is 14.8. The zero-order valence-electron chi connectivity index (χ0n) is 11.4. The summed E-state index contributed by atoms with van der Waals surface area (Å²) in [7, 11) is 0. The lowest BCUT2D eigenvalue weighted by molar-refractivity contribution is 0.125. The molecule has 0 aromatic carbocycles. The van der Waals surface area contributed by atoms with Crippen molar-refractivity contribution in [3.8, 4) is 0 Å². The number of aliphatic hydroxyl groups is 1. The minimum absolute atomic E-state index is 0.369. The van der Waals surface area contributed by atoms with Gasteiger partial charge in [-0.05, 0) is 25.5 Å². The molecule has 0 radical (unpaired) electrons. The number of aliphatic hydroxyl groups excluding tert-OH is 1. The van der Waals surface area contributed by atoms with Crippen molar-refractivity contribution in [3.05, 3.63) is 29.8 Å². The molecule has 1 aliphatic rings. The Kier molecular flexibility index (Phi) is 5.19. The minimum Gasteiger partial charge on any atom is -0.387 e. The van der Waals surface area contributed by atoms with Gasteiger partial charge in [-0.2, -0.15) is 11.8 Å². The molecule has 0 spiro atoms. The van der Waals surface area contributed by atoms with E-state index in [1.54, 1.807) is 6.07 Å². The minimum atomic E-state index is -0.613. The van der Waals surface area contributed by atoms with Crippen LogP contribution in [0.2, 0.25) is 0 Å². The molecular formula is C14H21FN2OS. The number of thioether (sulfide) groups is 1. The Labute approximate surface area is 118 Å². The average molecular weight is 284 g/mol. The second kappa shape index (κ2) is 6.68. The Bertz CT molecular complexity index is 401. The molecule has 1 N–H and O–H groups in total. The van der Waals surface area contributed by atoms with Gasteiger partial charge in [-0.3, -0.25) is 9.88 Å². The molecule has 0 saturated carbocycles. The molecule has 1 aromatic rings. The van der Waals surface area contributed by atoms with Gasteiger partial charge in [0.25, 0.3) is 0 Å². The highest BCUT2D eigenvalue weighted by atomic mass is 32.2. The van der Waals surface area contributed by atoms with Gasteiger partial charge in [-0.1, -0.05) is 6.92 Å². The smallest absolute Gasteiger partial charge is 0.141 e. The first-order chi connectivity index (χ1) is 9.08. The summed E-state index contributed by atoms with van der Waals surface area (Å²) in [6.45, 7) is 6.41. The van der Waals surface area contributed by atoms with Crippen LogP contribution in [0, 0.1) is 5.82 Å². The maximum absolute atomic E-state index is 12.8. The Morgan fingerprint density at radius 2 is 2.32 bits per heavy atom. The summed E-state index contributed by atoms with van der Waals surface area (Å²) in [4.78, 5) is 6.34. The van der Waals surface area contributed by atoms with Crippen molar-refractivity contribution in [1.82, 2.24) is 9.88 Å². The van der Waals surface area contributed by atoms with Crippen LogP contribution in [0.15, 0.2) is 18.3 Å². The van der Waals surface area contributed by atoms with E-state index in [-0.39, 0.29) is 5.82 Å². The Morgan fingerprint density at radius 1 is 1.53 bits per heavy atom. The SMILES string of the molecule is CC1SCCN(CCC(O)c2ccc(F)cn2)C1C. The zero-order chi connectivity index (χ0) is 13.8. The maximum Gasteiger partial charge on any atom is 0.141 e. The first-order valence-electron chi connectivity index (χ1n) is 6.73. The lowest BCUT2D eigenvalue weighted by Crippen LogP contribution is -2.45. The van der Waals surface area contributed by atoms with Crippen molar-refractivity contribution in [3.63, 3.8) is 0 Å². The maximum atomic E-state index is 12.8. The summed E-state index contributed by atoms with van der Waals surface area (Å²) in [5.74, 6) is 0.780. The van der Waals surface area contributed by atoms with E-state index in [4.69, 9.17) is 0 Å². The van der Waals surface area contributed by atoms with E-state index in [0.717, 1.165) is 25.0 Å². The fraction of sp³-hybridized carbons (Fsp3) is 0.643. The molecular weight excluding hydrogens is 263 g/mol. The quantitative estimate of drug-likeness (QED) is 0.921. The van der Waals surface area contributed by atoms with E-state index >= 15 is 0 Å². The average Bonchev–Trinajstić information content (AvgIpc) is 2.41. The molecule has 3 atom stereocenters. The topological polar surface area (TPSA) is 36.4 Å². The van der Waals surface area contributed by atoms with Crippen LogP contribution < -0.4 is 0 Å². The third-order valence-corrected chi connectivity index (χ3v) is 5.13. The van der Waals surface area contributed by atoms with Gasteiger partial charge in [0.2, 0.25) is 0 Å². The molecule has 1 aliphatic heterocycles. The molecule has 3 nitrogen and oxygen atoms in total. The Balaban J connectivity index is 1.86. The predicted octanol–water partition coefficient (Wildman–Crippen LogP) is 2.47. The first-order valence-corrected chi connectivity index (χ1v) is 7.78. The zero-order valence-corrected chi connectivity index (χ0v) is 12.2. The normalized spacial score (nSPS) is 26.3. The van der Waals surface area contributed by atoms with Gasteiger partial charge in [0.05, 0.1) is 18.0 Å². The van der Waals surface area contributed by atoms with E-state index in [0.29, 0.717) is 23.4 Å². The molecule has 0 bridgehead atoms. The summed E-state index contributed by atoms with van der Waals surface area (Å²) in [6.07, 6.45) is 1.18. The third kappa shape index (κ3) is 3.91. The molecule has 19 heavy (non-hydrogen) atoms. The monoisotopic (exact) mass is 284 g/mol. The Morgan fingerprint density at radius 3 is 3.00 bits per heavy atom. The number of rotatable bonds is 4. The lowest BCUT2D eigenvalue weighted by atomic mass is 10.1. The van der Waals surface area contributed by atoms with Crippen molar-refractivity contribution in [2.24, 2.45) is 0 Å². The summed E-state index contributed by atoms with van der Waals surface area (Å²) in [6, 6.07) is 3.43. The lowest BCUT2D eigenvalue weighted by Gasteiger charge is -2.37. The van der Waals surface area contributed by atoms with Gasteiger partial charge in [0.15, 0.2) is 0 Å². The molecule has 5 heteroatoms. The van der Waals surface area contributed by atoms with E-state index in [2.05, 4.69) is 23.7 Å². The fourth-order valence-corrected chi connectivity index (χ4v) is 3.49. The van der Waals surface area contributed by atoms with Crippen molar-refractivity contribution in [1.29, 1.82) is 0 Å². The molecule has 2 heterocycles. The molecule has 0 aliphatic carbocycles. The number of nitrogens with zero attached hydrogens (tertiary/aromatic N) is 2. The molecule has 2 rings (SSSR count). The van der Waals surface area contributed by atoms with E-state index in [1.165, 1.54) is 6.07 Å². The Hall–Kier alpha value is -0.650. The number of hydrogen-bond donors (Lipinski definition) is 1. The summed E-state index contributed by atoms with van der Waals surface area (Å²) >= 11 is 2.00. The molecule has 3 unspecified atom stereocenters. The highest BCUT2D eigenvalue weighted by Gasteiger charge is 2.25. The highest BCUT2D eigenvalue weighted by molar-refractivity contribution is 8.00. The van der Waals surface area contributed by atoms with Crippen molar-refractivity contribution < 1.29 is 9.50 Å². The van der Waals surface area contributed by atoms with E-state index in [1.807, 2.05) is 11.8 Å². The van der Waals surface area contributed by atoms with Crippen molar-refractivity contribution in [2.45, 2.75) is 37.7 Å². The molecule has 1 saturated heterocycles. The molecule has 1 fully saturated rings. The second-order valence-electron chi connectivity index (χ2n) is 5.06. The second-order valence-corrected chi connectivity index (χ2v) is 6.54. The summed E-state index contributed by atoms with van der Waals surface area (Å²) in [5.41, 5.74) is 0.550. The van der Waals surface area contributed by atoms with Crippen LogP contribution in [0.1, 0.15) is 32.1 Å². The van der Waals surface area contributed by atoms with Gasteiger partial charge < -0.3 is 5.11 Å². The fourth-order valence-electron chi connectivity index (χ4n) is 2.33. The number of aromatic nitrogens is 1. The van der Waals surface area contributed by atoms with Gasteiger partial charge in [0.1, 0.15) is 5.82 Å². The van der Waals surface area contributed by atoms with Crippen molar-refractivity contribution >= 4 is 11.8 Å². The van der Waals surface area contributed by atoms with Gasteiger partial charge in [0, 0.05) is 30.1 Å². The summed E-state index contributed by atoms with van der Waals surface area (Å²) < 4.78 is 12.8. The van der Waals surface area contributed by atoms with Crippen LogP contribution >= 0.6 is 11.8 Å². The van der Waals surface area contributed by atoms with Crippen molar-refractivity contribution in [2.75, 3.05) is 18.8 Å². The number of hydrogen-bond acceptors (Lipinski definition) is 4. The number of pyridine rings is 1. The van der Waals surface area contributed by atoms with Crippen LogP contribution in [0.3, 0.4) is 0 Å². The third-order valence-electron chi connectivity index (χ3n) is 3.80. The van der Waals surface area contributed by atoms with Crippen LogP contribution in [-0.2, 0) is 0 Å².